The Morgan fingerprint density at radius 2 is 2.16 bits per heavy atom. The van der Waals surface area contributed by atoms with Crippen LogP contribution in [-0.2, 0) is 0 Å². The van der Waals surface area contributed by atoms with Gasteiger partial charge in [-0.15, -0.1) is 0 Å². The number of non-ortho nitro benzene ring substituents is 1. The van der Waals surface area contributed by atoms with Crippen molar-refractivity contribution >= 4 is 27.6 Å². The smallest absolute Gasteiger partial charge is 0.341 e. The molecule has 2 rings (SSSR count). The average Bonchev–Trinajstić information content (AvgIpc) is 2.70. The number of aryl methyl sites for hydroxylation is 1. The highest BCUT2D eigenvalue weighted by Gasteiger charge is 2.22. The molecule has 0 aliphatic carbocycles. The quantitative estimate of drug-likeness (QED) is 0.686. The van der Waals surface area contributed by atoms with Gasteiger partial charge in [0.05, 0.1) is 4.92 Å². The number of rotatable bonds is 3. The van der Waals surface area contributed by atoms with Crippen LogP contribution >= 0.6 is 15.9 Å². The van der Waals surface area contributed by atoms with E-state index in [1.165, 1.54) is 25.1 Å². The van der Waals surface area contributed by atoms with Gasteiger partial charge >= 0.3 is 5.97 Å². The minimum absolute atomic E-state index is 0.0643. The highest BCUT2D eigenvalue weighted by molar-refractivity contribution is 9.10. The molecule has 0 unspecified atom stereocenters. The molecule has 1 N–H and O–H groups in total. The van der Waals surface area contributed by atoms with Crippen molar-refractivity contribution in [1.29, 1.82) is 0 Å². The molecule has 0 atom stereocenters. The van der Waals surface area contributed by atoms with E-state index in [0.29, 0.717) is 10.0 Å². The predicted molar refractivity (Wildman–Crippen MR) is 68.0 cm³/mol. The van der Waals surface area contributed by atoms with Crippen molar-refractivity contribution in [2.24, 2.45) is 0 Å². The molecule has 0 saturated carbocycles. The van der Waals surface area contributed by atoms with Gasteiger partial charge in [0, 0.05) is 22.2 Å². The maximum Gasteiger partial charge on any atom is 0.341 e. The van der Waals surface area contributed by atoms with Crippen molar-refractivity contribution in [3.05, 3.63) is 44.1 Å². The number of carbonyl (C=O) groups is 1. The lowest BCUT2D eigenvalue weighted by molar-refractivity contribution is -0.384. The number of nitro benzene ring substituents is 1. The van der Waals surface area contributed by atoms with Crippen LogP contribution in [0.1, 0.15) is 16.1 Å². The minimum Gasteiger partial charge on any atom is -0.477 e. The van der Waals surface area contributed by atoms with Crippen LogP contribution in [0.15, 0.2) is 27.2 Å². The van der Waals surface area contributed by atoms with Crippen LogP contribution in [0.5, 0.6) is 0 Å². The topological polar surface area (TPSA) is 106 Å². The van der Waals surface area contributed by atoms with Crippen LogP contribution in [0.4, 0.5) is 5.69 Å². The Morgan fingerprint density at radius 1 is 1.47 bits per heavy atom. The van der Waals surface area contributed by atoms with Crippen LogP contribution in [0.25, 0.3) is 11.3 Å². The number of halogens is 1. The molecule has 98 valence electrons. The molecule has 8 heteroatoms. The van der Waals surface area contributed by atoms with E-state index in [4.69, 9.17) is 9.63 Å². The molecule has 0 amide bonds. The summed E-state index contributed by atoms with van der Waals surface area (Å²) in [6.45, 7) is 1.46. The van der Waals surface area contributed by atoms with Crippen molar-refractivity contribution in [3.8, 4) is 11.3 Å². The van der Waals surface area contributed by atoms with Gasteiger partial charge < -0.3 is 9.63 Å². The Balaban J connectivity index is 2.65. The fraction of sp³-hybridized carbons (Fsp3) is 0.0909. The van der Waals surface area contributed by atoms with E-state index in [-0.39, 0.29) is 22.7 Å². The highest BCUT2D eigenvalue weighted by Crippen LogP contribution is 2.31. The molecule has 0 bridgehead atoms. The van der Waals surface area contributed by atoms with Gasteiger partial charge in [-0.1, -0.05) is 21.1 Å². The van der Waals surface area contributed by atoms with Gasteiger partial charge in [-0.2, -0.15) is 0 Å². The molecular formula is C11H7BrN2O5. The number of nitrogens with zero attached hydrogens (tertiary/aromatic N) is 2. The third-order valence-corrected chi connectivity index (χ3v) is 2.90. The summed E-state index contributed by atoms with van der Waals surface area (Å²) in [4.78, 5) is 21.4. The van der Waals surface area contributed by atoms with Gasteiger partial charge in [-0.3, -0.25) is 10.1 Å². The molecule has 0 saturated heterocycles. The summed E-state index contributed by atoms with van der Waals surface area (Å²) in [5, 5.41) is 23.5. The zero-order valence-electron chi connectivity index (χ0n) is 9.58. The summed E-state index contributed by atoms with van der Waals surface area (Å²) in [6.07, 6.45) is 0. The second kappa shape index (κ2) is 4.81. The van der Waals surface area contributed by atoms with Crippen LogP contribution in [0, 0.1) is 17.0 Å². The first-order valence-corrected chi connectivity index (χ1v) is 5.84. The number of carboxylic acids is 1. The maximum absolute atomic E-state index is 11.1. The van der Waals surface area contributed by atoms with Crippen LogP contribution in [0.3, 0.4) is 0 Å². The Hall–Kier alpha value is -2.22. The molecule has 1 aromatic heterocycles. The summed E-state index contributed by atoms with van der Waals surface area (Å²) in [5.41, 5.74) is 0.0958. The maximum atomic E-state index is 11.1. The Labute approximate surface area is 115 Å². The van der Waals surface area contributed by atoms with E-state index in [0.717, 1.165) is 0 Å². The number of benzene rings is 1. The minimum atomic E-state index is -1.20. The summed E-state index contributed by atoms with van der Waals surface area (Å²) >= 11 is 3.14. The van der Waals surface area contributed by atoms with Crippen molar-refractivity contribution in [2.75, 3.05) is 0 Å². The molecule has 1 heterocycles. The first-order valence-electron chi connectivity index (χ1n) is 5.05. The molecule has 19 heavy (non-hydrogen) atoms. The zero-order chi connectivity index (χ0) is 14.2. The lowest BCUT2D eigenvalue weighted by Crippen LogP contribution is -1.99. The first kappa shape index (κ1) is 13.2. The fourth-order valence-electron chi connectivity index (χ4n) is 1.64. The summed E-state index contributed by atoms with van der Waals surface area (Å²) in [6, 6.07) is 4.10. The monoisotopic (exact) mass is 326 g/mol. The standard InChI is InChI=1S/C11H7BrN2O5/c1-5-9(11(15)16)10(13-19-5)6-2-7(12)4-8(3-6)14(17)18/h2-4H,1H3,(H,15,16). The van der Waals surface area contributed by atoms with Gasteiger partial charge in [-0.25, -0.2) is 4.79 Å². The second-order valence-corrected chi connectivity index (χ2v) is 4.64. The third-order valence-electron chi connectivity index (χ3n) is 2.44. The van der Waals surface area contributed by atoms with Crippen LogP contribution in [-0.4, -0.2) is 21.2 Å². The number of hydrogen-bond donors (Lipinski definition) is 1. The molecule has 2 aromatic rings. The van der Waals surface area contributed by atoms with Crippen molar-refractivity contribution in [2.45, 2.75) is 6.92 Å². The summed E-state index contributed by atoms with van der Waals surface area (Å²) in [7, 11) is 0. The van der Waals surface area contributed by atoms with E-state index in [1.807, 2.05) is 0 Å². The molecule has 0 aliphatic rings. The largest absolute Gasteiger partial charge is 0.477 e. The third kappa shape index (κ3) is 2.48. The zero-order valence-corrected chi connectivity index (χ0v) is 11.2. The van der Waals surface area contributed by atoms with Crippen molar-refractivity contribution in [3.63, 3.8) is 0 Å². The Morgan fingerprint density at radius 3 is 2.74 bits per heavy atom. The molecular weight excluding hydrogens is 320 g/mol. The van der Waals surface area contributed by atoms with E-state index in [1.54, 1.807) is 0 Å². The fourth-order valence-corrected chi connectivity index (χ4v) is 2.12. The highest BCUT2D eigenvalue weighted by atomic mass is 79.9. The number of aromatic carboxylic acids is 1. The van der Waals surface area contributed by atoms with Gasteiger partial charge in [0.15, 0.2) is 0 Å². The molecule has 1 aromatic carbocycles. The second-order valence-electron chi connectivity index (χ2n) is 3.72. The normalized spacial score (nSPS) is 10.4. The molecule has 0 fully saturated rings. The number of hydrogen-bond acceptors (Lipinski definition) is 5. The molecule has 0 spiro atoms. The summed E-state index contributed by atoms with van der Waals surface area (Å²) < 4.78 is 5.29. The van der Waals surface area contributed by atoms with Crippen LogP contribution < -0.4 is 0 Å². The van der Waals surface area contributed by atoms with E-state index >= 15 is 0 Å². The SMILES string of the molecule is Cc1onc(-c2cc(Br)cc([N+](=O)[O-])c2)c1C(=O)O. The van der Waals surface area contributed by atoms with Gasteiger partial charge in [0.1, 0.15) is 17.0 Å². The Kier molecular flexibility index (Phi) is 3.34. The van der Waals surface area contributed by atoms with Crippen molar-refractivity contribution < 1.29 is 19.3 Å². The number of nitro groups is 1. The number of carboxylic acid groups (broad SMARTS) is 1. The van der Waals surface area contributed by atoms with Gasteiger partial charge in [0.25, 0.3) is 5.69 Å². The number of aromatic nitrogens is 1. The summed E-state index contributed by atoms with van der Waals surface area (Å²) in [5.74, 6) is -1.05. The predicted octanol–water partition coefficient (Wildman–Crippen LogP) is 3.02. The van der Waals surface area contributed by atoms with E-state index in [2.05, 4.69) is 21.1 Å². The van der Waals surface area contributed by atoms with Gasteiger partial charge in [-0.05, 0) is 13.0 Å². The van der Waals surface area contributed by atoms with E-state index < -0.39 is 10.9 Å². The average molecular weight is 327 g/mol. The lowest BCUT2D eigenvalue weighted by Gasteiger charge is -2.00. The molecule has 0 aliphatic heterocycles. The molecule has 0 radical (unpaired) electrons. The molecule has 7 nitrogen and oxygen atoms in total. The van der Waals surface area contributed by atoms with Crippen molar-refractivity contribution in [1.82, 2.24) is 5.16 Å². The van der Waals surface area contributed by atoms with Crippen LogP contribution in [0.2, 0.25) is 0 Å². The first-order chi connectivity index (χ1) is 8.90. The van der Waals surface area contributed by atoms with Gasteiger partial charge in [0.2, 0.25) is 0 Å². The van der Waals surface area contributed by atoms with E-state index in [9.17, 15) is 14.9 Å². The lowest BCUT2D eigenvalue weighted by atomic mass is 10.1. The Bertz CT molecular complexity index is 680.